The highest BCUT2D eigenvalue weighted by molar-refractivity contribution is 5.89. The Morgan fingerprint density at radius 3 is 2.10 bits per heavy atom. The van der Waals surface area contributed by atoms with Gasteiger partial charge in [0.05, 0.1) is 21.3 Å². The minimum Gasteiger partial charge on any atom is -0.493 e. The highest BCUT2D eigenvalue weighted by Crippen LogP contribution is 2.42. The number of fused-ring (bicyclic) bond motifs is 1. The zero-order chi connectivity index (χ0) is 14.8. The number of hydrogen-bond acceptors (Lipinski definition) is 3. The SMILES string of the molecule is COc1cc(C2=Cc3ccccc3C2)cc(OC)c1OC. The molecule has 0 heterocycles. The highest BCUT2D eigenvalue weighted by atomic mass is 16.5. The minimum absolute atomic E-state index is 0.625. The van der Waals surface area contributed by atoms with Gasteiger partial charge in [0.25, 0.3) is 0 Å². The summed E-state index contributed by atoms with van der Waals surface area (Å²) in [6.45, 7) is 0. The van der Waals surface area contributed by atoms with Crippen LogP contribution in [0.3, 0.4) is 0 Å². The summed E-state index contributed by atoms with van der Waals surface area (Å²) in [5.41, 5.74) is 4.98. The van der Waals surface area contributed by atoms with Gasteiger partial charge in [-0.1, -0.05) is 30.3 Å². The van der Waals surface area contributed by atoms with E-state index < -0.39 is 0 Å². The first kappa shape index (κ1) is 13.6. The van der Waals surface area contributed by atoms with Crippen LogP contribution in [0.25, 0.3) is 11.6 Å². The van der Waals surface area contributed by atoms with Gasteiger partial charge < -0.3 is 14.2 Å². The highest BCUT2D eigenvalue weighted by Gasteiger charge is 2.18. The second-order valence-corrected chi connectivity index (χ2v) is 4.96. The molecule has 0 radical (unpaired) electrons. The summed E-state index contributed by atoms with van der Waals surface area (Å²) in [7, 11) is 4.89. The molecule has 0 N–H and O–H groups in total. The Morgan fingerprint density at radius 1 is 0.857 bits per heavy atom. The van der Waals surface area contributed by atoms with Crippen LogP contribution in [0.5, 0.6) is 17.2 Å². The van der Waals surface area contributed by atoms with Crippen molar-refractivity contribution in [1.29, 1.82) is 0 Å². The third kappa shape index (κ3) is 2.35. The Labute approximate surface area is 124 Å². The van der Waals surface area contributed by atoms with Gasteiger partial charge in [0.2, 0.25) is 5.75 Å². The predicted molar refractivity (Wildman–Crippen MR) is 84.1 cm³/mol. The molecule has 0 aliphatic heterocycles. The van der Waals surface area contributed by atoms with E-state index >= 15 is 0 Å². The van der Waals surface area contributed by atoms with Crippen LogP contribution in [-0.4, -0.2) is 21.3 Å². The third-order valence-electron chi connectivity index (χ3n) is 3.80. The van der Waals surface area contributed by atoms with E-state index in [-0.39, 0.29) is 0 Å². The normalized spacial score (nSPS) is 12.6. The molecule has 0 fully saturated rings. The van der Waals surface area contributed by atoms with Crippen molar-refractivity contribution in [2.75, 3.05) is 21.3 Å². The van der Waals surface area contributed by atoms with Gasteiger partial charge >= 0.3 is 0 Å². The van der Waals surface area contributed by atoms with Crippen molar-refractivity contribution in [2.45, 2.75) is 6.42 Å². The molecule has 3 nitrogen and oxygen atoms in total. The quantitative estimate of drug-likeness (QED) is 0.853. The van der Waals surface area contributed by atoms with Crippen LogP contribution in [0.4, 0.5) is 0 Å². The average Bonchev–Trinajstić information content (AvgIpc) is 2.97. The molecule has 0 aromatic heterocycles. The van der Waals surface area contributed by atoms with Crippen molar-refractivity contribution in [1.82, 2.24) is 0 Å². The zero-order valence-electron chi connectivity index (χ0n) is 12.5. The fourth-order valence-electron chi connectivity index (χ4n) is 2.73. The minimum atomic E-state index is 0.625. The standard InChI is InChI=1S/C18H18O3/c1-19-16-10-15(11-17(20-2)18(16)21-3)14-8-12-6-4-5-7-13(12)9-14/h4-8,10-11H,9H2,1-3H3. The molecule has 2 aromatic carbocycles. The lowest BCUT2D eigenvalue weighted by atomic mass is 10.0. The maximum atomic E-state index is 5.42. The van der Waals surface area contributed by atoms with Gasteiger partial charge in [0.1, 0.15) is 0 Å². The van der Waals surface area contributed by atoms with Gasteiger partial charge in [-0.05, 0) is 40.8 Å². The van der Waals surface area contributed by atoms with E-state index in [1.54, 1.807) is 21.3 Å². The number of allylic oxidation sites excluding steroid dienone is 1. The predicted octanol–water partition coefficient (Wildman–Crippen LogP) is 3.81. The van der Waals surface area contributed by atoms with Gasteiger partial charge in [-0.3, -0.25) is 0 Å². The van der Waals surface area contributed by atoms with E-state index in [1.807, 2.05) is 12.1 Å². The van der Waals surface area contributed by atoms with Crippen LogP contribution in [-0.2, 0) is 6.42 Å². The summed E-state index contributed by atoms with van der Waals surface area (Å²) in [4.78, 5) is 0. The van der Waals surface area contributed by atoms with Crippen LogP contribution in [0.15, 0.2) is 36.4 Å². The number of rotatable bonds is 4. The zero-order valence-corrected chi connectivity index (χ0v) is 12.5. The average molecular weight is 282 g/mol. The molecule has 0 amide bonds. The smallest absolute Gasteiger partial charge is 0.203 e. The van der Waals surface area contributed by atoms with Crippen LogP contribution >= 0.6 is 0 Å². The van der Waals surface area contributed by atoms with E-state index in [4.69, 9.17) is 14.2 Å². The van der Waals surface area contributed by atoms with Crippen LogP contribution in [0.1, 0.15) is 16.7 Å². The lowest BCUT2D eigenvalue weighted by Gasteiger charge is -2.14. The van der Waals surface area contributed by atoms with E-state index in [1.165, 1.54) is 16.7 Å². The molecule has 0 saturated carbocycles. The van der Waals surface area contributed by atoms with Gasteiger partial charge in [-0.15, -0.1) is 0 Å². The summed E-state index contributed by atoms with van der Waals surface area (Å²) in [5, 5.41) is 0. The Kier molecular flexibility index (Phi) is 3.57. The van der Waals surface area contributed by atoms with Crippen molar-refractivity contribution in [3.63, 3.8) is 0 Å². The topological polar surface area (TPSA) is 27.7 Å². The van der Waals surface area contributed by atoms with Gasteiger partial charge in [0, 0.05) is 0 Å². The van der Waals surface area contributed by atoms with Crippen molar-refractivity contribution >= 4 is 11.6 Å². The Bertz CT molecular complexity index is 676. The fourth-order valence-corrected chi connectivity index (χ4v) is 2.73. The molecule has 0 bridgehead atoms. The van der Waals surface area contributed by atoms with Crippen LogP contribution < -0.4 is 14.2 Å². The number of methoxy groups -OCH3 is 3. The molecule has 1 aliphatic carbocycles. The fraction of sp³-hybridized carbons (Fsp3) is 0.222. The second-order valence-electron chi connectivity index (χ2n) is 4.96. The Balaban J connectivity index is 2.05. The maximum absolute atomic E-state index is 5.42. The van der Waals surface area contributed by atoms with E-state index in [0.717, 1.165) is 12.0 Å². The van der Waals surface area contributed by atoms with Crippen molar-refractivity contribution < 1.29 is 14.2 Å². The van der Waals surface area contributed by atoms with E-state index in [2.05, 4.69) is 30.3 Å². The van der Waals surface area contributed by atoms with Crippen molar-refractivity contribution in [3.8, 4) is 17.2 Å². The van der Waals surface area contributed by atoms with Gasteiger partial charge in [-0.2, -0.15) is 0 Å². The van der Waals surface area contributed by atoms with Crippen molar-refractivity contribution in [3.05, 3.63) is 53.1 Å². The molecule has 108 valence electrons. The molecule has 3 heteroatoms. The molecule has 21 heavy (non-hydrogen) atoms. The van der Waals surface area contributed by atoms with Gasteiger partial charge in [0.15, 0.2) is 11.5 Å². The Hall–Kier alpha value is -2.42. The second kappa shape index (κ2) is 5.52. The van der Waals surface area contributed by atoms with Gasteiger partial charge in [-0.25, -0.2) is 0 Å². The molecule has 0 spiro atoms. The molecule has 1 aliphatic rings. The lowest BCUT2D eigenvalue weighted by molar-refractivity contribution is 0.324. The number of benzene rings is 2. The largest absolute Gasteiger partial charge is 0.493 e. The van der Waals surface area contributed by atoms with E-state index in [9.17, 15) is 0 Å². The summed E-state index contributed by atoms with van der Waals surface area (Å²) >= 11 is 0. The summed E-state index contributed by atoms with van der Waals surface area (Å²) in [6, 6.07) is 12.4. The Morgan fingerprint density at radius 2 is 1.52 bits per heavy atom. The molecular formula is C18H18O3. The summed E-state index contributed by atoms with van der Waals surface area (Å²) in [5.74, 6) is 1.99. The summed E-state index contributed by atoms with van der Waals surface area (Å²) < 4.78 is 16.2. The number of ether oxygens (including phenoxy) is 3. The van der Waals surface area contributed by atoms with Crippen LogP contribution in [0.2, 0.25) is 0 Å². The summed E-state index contributed by atoms with van der Waals surface area (Å²) in [6.07, 6.45) is 3.14. The van der Waals surface area contributed by atoms with Crippen LogP contribution in [0, 0.1) is 0 Å². The molecule has 2 aromatic rings. The molecule has 0 unspecified atom stereocenters. The monoisotopic (exact) mass is 282 g/mol. The molecule has 0 saturated heterocycles. The lowest BCUT2D eigenvalue weighted by Crippen LogP contribution is -1.97. The maximum Gasteiger partial charge on any atom is 0.203 e. The van der Waals surface area contributed by atoms with E-state index in [0.29, 0.717) is 17.2 Å². The first-order valence-corrected chi connectivity index (χ1v) is 6.85. The molecule has 0 atom stereocenters. The first-order chi connectivity index (χ1) is 10.3. The molecule has 3 rings (SSSR count). The first-order valence-electron chi connectivity index (χ1n) is 6.85. The van der Waals surface area contributed by atoms with Crippen molar-refractivity contribution in [2.24, 2.45) is 0 Å². The third-order valence-corrected chi connectivity index (χ3v) is 3.80. The number of hydrogen-bond donors (Lipinski definition) is 0. The molecular weight excluding hydrogens is 264 g/mol.